The lowest BCUT2D eigenvalue weighted by atomic mass is 10.1. The molecule has 1 aliphatic heterocycles. The zero-order chi connectivity index (χ0) is 23.3. The summed E-state index contributed by atoms with van der Waals surface area (Å²) in [5, 5.41) is 47.0. The highest BCUT2D eigenvalue weighted by Crippen LogP contribution is 2.11. The number of aliphatic hydroxyl groups excluding tert-OH is 4. The van der Waals surface area contributed by atoms with Gasteiger partial charge in [0.25, 0.3) is 11.8 Å². The lowest BCUT2D eigenvalue weighted by molar-refractivity contribution is -0.123. The number of nitrogens with one attached hydrogen (secondary N) is 4. The molecular weight excluding hydrogens is 436 g/mol. The third kappa shape index (κ3) is 6.43. The Hall–Kier alpha value is -2.62. The fraction of sp³-hybridized carbons (Fsp3) is 0.471. The van der Waals surface area contributed by atoms with Crippen LogP contribution in [0.1, 0.15) is 10.4 Å². The van der Waals surface area contributed by atoms with Crippen LogP contribution in [0.5, 0.6) is 0 Å². The third-order valence-electron chi connectivity index (χ3n) is 4.49. The number of carbonyl (C=O) groups excluding carboxylic acids is 3. The Kier molecular flexibility index (Phi) is 8.05. The molecular formula is C17H24N4O9S. The average Bonchev–Trinajstić information content (AvgIpc) is 2.72. The van der Waals surface area contributed by atoms with Gasteiger partial charge in [0.2, 0.25) is 0 Å². The molecule has 1 aliphatic rings. The van der Waals surface area contributed by atoms with Crippen LogP contribution in [-0.2, 0) is 14.6 Å². The summed E-state index contributed by atoms with van der Waals surface area (Å²) in [5.41, 5.74) is 0.0531. The fourth-order valence-corrected chi connectivity index (χ4v) is 3.36. The van der Waals surface area contributed by atoms with E-state index in [9.17, 15) is 38.1 Å². The maximum absolute atomic E-state index is 12.5. The largest absolute Gasteiger partial charge is 0.394 e. The molecule has 1 aromatic rings. The molecule has 4 amide bonds. The van der Waals surface area contributed by atoms with Crippen molar-refractivity contribution in [1.82, 2.24) is 21.3 Å². The average molecular weight is 460 g/mol. The van der Waals surface area contributed by atoms with E-state index in [2.05, 4.69) is 16.0 Å². The summed E-state index contributed by atoms with van der Waals surface area (Å²) in [6.45, 7) is -1.20. The Morgan fingerprint density at radius 3 is 2.29 bits per heavy atom. The van der Waals surface area contributed by atoms with Crippen molar-refractivity contribution in [3.8, 4) is 0 Å². The highest BCUT2D eigenvalue weighted by Gasteiger charge is 2.37. The lowest BCUT2D eigenvalue weighted by Crippen LogP contribution is -2.71. The lowest BCUT2D eigenvalue weighted by Gasteiger charge is -2.33. The molecule has 0 radical (unpaired) electrons. The van der Waals surface area contributed by atoms with Gasteiger partial charge in [-0.15, -0.1) is 0 Å². The van der Waals surface area contributed by atoms with Crippen molar-refractivity contribution in [3.05, 3.63) is 29.8 Å². The summed E-state index contributed by atoms with van der Waals surface area (Å²) in [5.74, 6) is -1.59. The number of amides is 4. The molecule has 13 nitrogen and oxygen atoms in total. The van der Waals surface area contributed by atoms with Gasteiger partial charge in [-0.3, -0.25) is 20.2 Å². The fourth-order valence-electron chi connectivity index (χ4n) is 2.73. The quantitative estimate of drug-likeness (QED) is 0.179. The van der Waals surface area contributed by atoms with Crippen LogP contribution >= 0.6 is 0 Å². The van der Waals surface area contributed by atoms with Crippen molar-refractivity contribution in [2.24, 2.45) is 0 Å². The maximum atomic E-state index is 12.5. The molecule has 31 heavy (non-hydrogen) atoms. The Morgan fingerprint density at radius 1 is 1.13 bits per heavy atom. The predicted octanol–water partition coefficient (Wildman–Crippen LogP) is -3.98. The van der Waals surface area contributed by atoms with E-state index in [1.165, 1.54) is 24.3 Å². The molecule has 1 saturated heterocycles. The monoisotopic (exact) mass is 460 g/mol. The minimum atomic E-state index is -3.46. The van der Waals surface area contributed by atoms with Gasteiger partial charge in [0.05, 0.1) is 17.6 Å². The molecule has 5 atom stereocenters. The number of hydrogen-bond donors (Lipinski definition) is 8. The van der Waals surface area contributed by atoms with Crippen LogP contribution in [0.3, 0.4) is 0 Å². The van der Waals surface area contributed by atoms with E-state index in [0.717, 1.165) is 6.26 Å². The number of benzene rings is 1. The van der Waals surface area contributed by atoms with Crippen LogP contribution in [0.25, 0.3) is 0 Å². The summed E-state index contributed by atoms with van der Waals surface area (Å²) < 4.78 is 23.0. The summed E-state index contributed by atoms with van der Waals surface area (Å²) in [6.07, 6.45) is -5.05. The number of carbonyl (C=O) groups is 3. The zero-order valence-corrected chi connectivity index (χ0v) is 17.2. The molecule has 8 N–H and O–H groups in total. The summed E-state index contributed by atoms with van der Waals surface area (Å²) in [6, 6.07) is 2.77. The number of sulfone groups is 1. The minimum Gasteiger partial charge on any atom is -0.394 e. The summed E-state index contributed by atoms with van der Waals surface area (Å²) in [4.78, 5) is 36.3. The summed E-state index contributed by atoms with van der Waals surface area (Å²) >= 11 is 0. The molecule has 0 spiro atoms. The van der Waals surface area contributed by atoms with E-state index in [1.807, 2.05) is 5.32 Å². The minimum absolute atomic E-state index is 0.00359. The number of rotatable bonds is 9. The Labute approximate surface area is 177 Å². The topological polar surface area (TPSA) is 214 Å². The highest BCUT2D eigenvalue weighted by atomic mass is 32.2. The molecule has 0 aromatic heterocycles. The number of aliphatic hydroxyl groups is 4. The number of hydrogen-bond acceptors (Lipinski definition) is 10. The van der Waals surface area contributed by atoms with Gasteiger partial charge < -0.3 is 31.1 Å². The zero-order valence-electron chi connectivity index (χ0n) is 16.3. The highest BCUT2D eigenvalue weighted by molar-refractivity contribution is 7.90. The smallest absolute Gasteiger partial charge is 0.322 e. The van der Waals surface area contributed by atoms with Gasteiger partial charge in [0, 0.05) is 18.4 Å². The first kappa shape index (κ1) is 24.6. The van der Waals surface area contributed by atoms with Crippen molar-refractivity contribution >= 4 is 27.7 Å². The van der Waals surface area contributed by atoms with E-state index < -0.39 is 71.4 Å². The van der Waals surface area contributed by atoms with E-state index in [1.54, 1.807) is 0 Å². The van der Waals surface area contributed by atoms with Crippen LogP contribution in [0.15, 0.2) is 29.2 Å². The predicted molar refractivity (Wildman–Crippen MR) is 104 cm³/mol. The third-order valence-corrected chi connectivity index (χ3v) is 5.62. The van der Waals surface area contributed by atoms with Crippen LogP contribution in [0.4, 0.5) is 4.79 Å². The van der Waals surface area contributed by atoms with Crippen molar-refractivity contribution in [2.45, 2.75) is 35.4 Å². The standard InChI is InChI=1S/C17H24N4O9S/c1-31(29,30)9-4-2-8(3-5-9)15(26)19-12-14(20-17(28)21-16(12)27)18-6-10(23)13(25)11(24)7-22/h2-5,10-14,18,22-25H,6-7H2,1H3,(H,19,26)(H2,20,21,27,28). The molecule has 2 rings (SSSR count). The molecule has 0 bridgehead atoms. The van der Waals surface area contributed by atoms with Crippen LogP contribution in [-0.4, -0.2) is 96.6 Å². The summed E-state index contributed by atoms with van der Waals surface area (Å²) in [7, 11) is -3.46. The van der Waals surface area contributed by atoms with E-state index in [-0.39, 0.29) is 10.5 Å². The second-order valence-electron chi connectivity index (χ2n) is 6.90. The van der Waals surface area contributed by atoms with Gasteiger partial charge in [-0.25, -0.2) is 13.2 Å². The van der Waals surface area contributed by atoms with Gasteiger partial charge in [-0.05, 0) is 24.3 Å². The molecule has 172 valence electrons. The molecule has 1 fully saturated rings. The van der Waals surface area contributed by atoms with E-state index in [4.69, 9.17) is 5.11 Å². The normalized spacial score (nSPS) is 22.1. The van der Waals surface area contributed by atoms with Crippen molar-refractivity contribution in [2.75, 3.05) is 19.4 Å². The molecule has 5 unspecified atom stereocenters. The van der Waals surface area contributed by atoms with Gasteiger partial charge in [-0.1, -0.05) is 0 Å². The van der Waals surface area contributed by atoms with Gasteiger partial charge >= 0.3 is 6.03 Å². The SMILES string of the molecule is CS(=O)(=O)c1ccc(C(=O)NC2C(=O)NC(=O)NC2NCC(O)C(O)C(O)CO)cc1. The first-order chi connectivity index (χ1) is 14.4. The Morgan fingerprint density at radius 2 is 1.74 bits per heavy atom. The second-order valence-corrected chi connectivity index (χ2v) is 8.92. The molecule has 0 saturated carbocycles. The first-order valence-electron chi connectivity index (χ1n) is 9.05. The van der Waals surface area contributed by atoms with E-state index in [0.29, 0.717) is 0 Å². The number of urea groups is 1. The van der Waals surface area contributed by atoms with Crippen molar-refractivity contribution < 1.29 is 43.2 Å². The molecule has 0 aliphatic carbocycles. The number of imide groups is 1. The van der Waals surface area contributed by atoms with Gasteiger partial charge in [0.15, 0.2) is 9.84 Å². The van der Waals surface area contributed by atoms with Gasteiger partial charge in [-0.2, -0.15) is 0 Å². The molecule has 14 heteroatoms. The van der Waals surface area contributed by atoms with Gasteiger partial charge in [0.1, 0.15) is 24.4 Å². The molecule has 1 heterocycles. The Bertz CT molecular complexity index is 922. The van der Waals surface area contributed by atoms with Crippen molar-refractivity contribution in [1.29, 1.82) is 0 Å². The Balaban J connectivity index is 2.09. The van der Waals surface area contributed by atoms with Crippen LogP contribution < -0.4 is 21.3 Å². The maximum Gasteiger partial charge on any atom is 0.322 e. The van der Waals surface area contributed by atoms with E-state index >= 15 is 0 Å². The van der Waals surface area contributed by atoms with Crippen LogP contribution in [0, 0.1) is 0 Å². The first-order valence-corrected chi connectivity index (χ1v) is 10.9. The van der Waals surface area contributed by atoms with Crippen molar-refractivity contribution in [3.63, 3.8) is 0 Å². The van der Waals surface area contributed by atoms with Crippen LogP contribution in [0.2, 0.25) is 0 Å². The molecule has 1 aromatic carbocycles. The second kappa shape index (κ2) is 10.1.